The van der Waals surface area contributed by atoms with Gasteiger partial charge in [-0.25, -0.2) is 0 Å². The van der Waals surface area contributed by atoms with E-state index < -0.39 is 11.5 Å². The first kappa shape index (κ1) is 18.8. The number of rotatable bonds is 4. The van der Waals surface area contributed by atoms with Gasteiger partial charge in [0.1, 0.15) is 13.6 Å². The van der Waals surface area contributed by atoms with Crippen molar-refractivity contribution >= 4 is 30.0 Å². The minimum absolute atomic E-state index is 0.0565. The Kier molecular flexibility index (Phi) is 4.36. The van der Waals surface area contributed by atoms with Crippen molar-refractivity contribution in [1.29, 1.82) is 0 Å². The fourth-order valence-corrected chi connectivity index (χ4v) is 4.33. The molecule has 0 spiro atoms. The molecule has 2 aromatic carbocycles. The van der Waals surface area contributed by atoms with Crippen LogP contribution >= 0.6 is 0 Å². The zero-order valence-electron chi connectivity index (χ0n) is 16.2. The third kappa shape index (κ3) is 2.59. The highest BCUT2D eigenvalue weighted by atomic mass is 16.5. The molecule has 28 heavy (non-hydrogen) atoms. The van der Waals surface area contributed by atoms with E-state index in [9.17, 15) is 15.0 Å². The van der Waals surface area contributed by atoms with Crippen molar-refractivity contribution in [2.75, 3.05) is 13.7 Å². The van der Waals surface area contributed by atoms with Gasteiger partial charge in [-0.05, 0) is 29.8 Å². The van der Waals surface area contributed by atoms with Crippen LogP contribution in [0.15, 0.2) is 36.4 Å². The molecule has 2 N–H and O–H groups in total. The number of hydrogen-bond acceptors (Lipinski definition) is 4. The van der Waals surface area contributed by atoms with Crippen molar-refractivity contribution in [3.05, 3.63) is 58.8 Å². The Morgan fingerprint density at radius 2 is 1.96 bits per heavy atom. The molecule has 2 radical (unpaired) electrons. The van der Waals surface area contributed by atoms with Crippen molar-refractivity contribution in [3.8, 4) is 5.75 Å². The molecule has 142 valence electrons. The largest absolute Gasteiger partial charge is 0.497 e. The zero-order valence-corrected chi connectivity index (χ0v) is 16.2. The summed E-state index contributed by atoms with van der Waals surface area (Å²) in [5.41, 5.74) is 3.80. The average Bonchev–Trinajstić information content (AvgIpc) is 3.00. The van der Waals surface area contributed by atoms with Gasteiger partial charge in [0, 0.05) is 27.6 Å². The third-order valence-corrected chi connectivity index (χ3v) is 5.66. The van der Waals surface area contributed by atoms with Crippen molar-refractivity contribution in [2.24, 2.45) is 0 Å². The molecule has 0 amide bonds. The van der Waals surface area contributed by atoms with E-state index in [2.05, 4.69) is 13.8 Å². The molecule has 5 nitrogen and oxygen atoms in total. The zero-order chi connectivity index (χ0) is 20.2. The third-order valence-electron chi connectivity index (χ3n) is 5.66. The minimum Gasteiger partial charge on any atom is -0.497 e. The van der Waals surface area contributed by atoms with Gasteiger partial charge < -0.3 is 19.5 Å². The van der Waals surface area contributed by atoms with Crippen LogP contribution in [0.25, 0.3) is 10.9 Å². The molecule has 0 fully saturated rings. The smallest absolute Gasteiger partial charge is 0.195 e. The molecule has 0 unspecified atom stereocenters. The fraction of sp³-hybridized carbons (Fsp3) is 0.318. The number of benzene rings is 2. The van der Waals surface area contributed by atoms with Crippen LogP contribution in [0.4, 0.5) is 0 Å². The van der Waals surface area contributed by atoms with Crippen LogP contribution in [0.2, 0.25) is 0 Å². The van der Waals surface area contributed by atoms with Crippen molar-refractivity contribution in [1.82, 2.24) is 4.57 Å². The quantitative estimate of drug-likeness (QED) is 0.681. The molecule has 1 aliphatic rings. The molecule has 1 aliphatic carbocycles. The van der Waals surface area contributed by atoms with E-state index in [0.29, 0.717) is 22.3 Å². The topological polar surface area (TPSA) is 71.7 Å². The number of aliphatic hydroxyl groups excluding tert-OH is 2. The lowest BCUT2D eigenvalue weighted by atomic mass is 9.71. The van der Waals surface area contributed by atoms with Gasteiger partial charge in [-0.15, -0.1) is 0 Å². The highest BCUT2D eigenvalue weighted by Gasteiger charge is 2.41. The Morgan fingerprint density at radius 1 is 1.21 bits per heavy atom. The summed E-state index contributed by atoms with van der Waals surface area (Å²) in [6.45, 7) is 3.92. The number of carbonyl (C=O) groups is 1. The molecule has 3 aromatic rings. The number of methoxy groups -OCH3 is 1. The van der Waals surface area contributed by atoms with Gasteiger partial charge in [-0.1, -0.05) is 31.4 Å². The Hall–Kier alpha value is -2.57. The summed E-state index contributed by atoms with van der Waals surface area (Å²) in [5.74, 6) is 0.629. The highest BCUT2D eigenvalue weighted by Crippen LogP contribution is 2.46. The van der Waals surface area contributed by atoms with Gasteiger partial charge in [0.2, 0.25) is 0 Å². The molecule has 6 heteroatoms. The number of hydrogen-bond donors (Lipinski definition) is 2. The predicted octanol–water partition coefficient (Wildman–Crippen LogP) is 1.67. The second-order valence-electron chi connectivity index (χ2n) is 7.81. The second kappa shape index (κ2) is 6.50. The van der Waals surface area contributed by atoms with Crippen LogP contribution in [-0.2, 0) is 12.0 Å². The van der Waals surface area contributed by atoms with Crippen LogP contribution in [0.3, 0.4) is 0 Å². The average molecular weight is 375 g/mol. The van der Waals surface area contributed by atoms with E-state index in [0.717, 1.165) is 22.2 Å². The first-order chi connectivity index (χ1) is 13.3. The van der Waals surface area contributed by atoms with Crippen molar-refractivity contribution < 1.29 is 19.7 Å². The summed E-state index contributed by atoms with van der Waals surface area (Å²) in [5, 5.41) is 20.4. The molecule has 1 heterocycles. The molecule has 0 aliphatic heterocycles. The number of carbonyl (C=O) groups excluding carboxylic acids is 1. The van der Waals surface area contributed by atoms with Gasteiger partial charge >= 0.3 is 0 Å². The Balaban J connectivity index is 2.08. The Bertz CT molecular complexity index is 1100. The molecular formula is C22H22BNO4. The van der Waals surface area contributed by atoms with E-state index in [1.165, 1.54) is 0 Å². The number of aliphatic hydroxyl groups is 2. The van der Waals surface area contributed by atoms with Crippen LogP contribution in [0.1, 0.15) is 41.0 Å². The predicted molar refractivity (Wildman–Crippen MR) is 109 cm³/mol. The maximum Gasteiger partial charge on any atom is 0.195 e. The van der Waals surface area contributed by atoms with Crippen LogP contribution in [0.5, 0.6) is 5.75 Å². The van der Waals surface area contributed by atoms with Crippen molar-refractivity contribution in [3.63, 3.8) is 0 Å². The first-order valence-corrected chi connectivity index (χ1v) is 9.24. The standard InChI is InChI=1S/C22H22BNO4/c1-22(2)17-9-14(28-3)5-7-15(17)20(27)19-16-6-4-12(23)8-18(16)24(21(19)22)10-13(26)11-25/h4-9,13,25-26H,10-11H2,1-3H3/t13-/m0/s1. The molecule has 0 saturated carbocycles. The summed E-state index contributed by atoms with van der Waals surface area (Å²) in [7, 11) is 7.61. The second-order valence-corrected chi connectivity index (χ2v) is 7.81. The number of fused-ring (bicyclic) bond motifs is 4. The lowest BCUT2D eigenvalue weighted by Gasteiger charge is -2.34. The number of ketones is 1. The lowest BCUT2D eigenvalue weighted by molar-refractivity contribution is 0.0808. The van der Waals surface area contributed by atoms with Gasteiger partial charge in [0.15, 0.2) is 5.78 Å². The SMILES string of the molecule is [B]c1ccc2c3c(n(C[C@H](O)CO)c2c1)C(C)(C)c1cc(OC)ccc1C3=O. The first-order valence-electron chi connectivity index (χ1n) is 9.24. The number of nitrogens with zero attached hydrogens (tertiary/aromatic N) is 1. The lowest BCUT2D eigenvalue weighted by Crippen LogP contribution is -2.34. The van der Waals surface area contributed by atoms with Crippen LogP contribution < -0.4 is 10.2 Å². The Labute approximate surface area is 165 Å². The van der Waals surface area contributed by atoms with E-state index in [4.69, 9.17) is 12.6 Å². The monoisotopic (exact) mass is 375 g/mol. The summed E-state index contributed by atoms with van der Waals surface area (Å²) in [4.78, 5) is 13.5. The normalized spacial score (nSPS) is 16.0. The summed E-state index contributed by atoms with van der Waals surface area (Å²) in [6, 6.07) is 10.9. The molecule has 1 aromatic heterocycles. The minimum atomic E-state index is -0.946. The summed E-state index contributed by atoms with van der Waals surface area (Å²) in [6.07, 6.45) is -0.946. The van der Waals surface area contributed by atoms with E-state index >= 15 is 0 Å². The molecule has 1 atom stereocenters. The van der Waals surface area contributed by atoms with Gasteiger partial charge in [-0.3, -0.25) is 4.79 Å². The van der Waals surface area contributed by atoms with Gasteiger partial charge in [-0.2, -0.15) is 0 Å². The highest BCUT2D eigenvalue weighted by molar-refractivity contribution is 6.33. The number of aromatic nitrogens is 1. The molecule has 0 saturated heterocycles. The molecular weight excluding hydrogens is 353 g/mol. The van der Waals surface area contributed by atoms with Crippen LogP contribution in [-0.4, -0.2) is 48.2 Å². The van der Waals surface area contributed by atoms with Gasteiger partial charge in [0.05, 0.1) is 31.9 Å². The van der Waals surface area contributed by atoms with Crippen LogP contribution in [0, 0.1) is 0 Å². The van der Waals surface area contributed by atoms with E-state index in [-0.39, 0.29) is 18.9 Å². The summed E-state index contributed by atoms with van der Waals surface area (Å²) >= 11 is 0. The maximum atomic E-state index is 13.5. The molecule has 0 bridgehead atoms. The fourth-order valence-electron chi connectivity index (χ4n) is 4.33. The van der Waals surface area contributed by atoms with E-state index in [1.807, 2.05) is 28.8 Å². The Morgan fingerprint density at radius 3 is 2.64 bits per heavy atom. The van der Waals surface area contributed by atoms with Crippen molar-refractivity contribution in [2.45, 2.75) is 31.9 Å². The molecule has 4 rings (SSSR count). The van der Waals surface area contributed by atoms with E-state index in [1.54, 1.807) is 19.2 Å². The maximum absolute atomic E-state index is 13.5. The summed E-state index contributed by atoms with van der Waals surface area (Å²) < 4.78 is 7.29. The van der Waals surface area contributed by atoms with Gasteiger partial charge in [0.25, 0.3) is 0 Å². The number of ether oxygens (including phenoxy) is 1.